The first-order valence-corrected chi connectivity index (χ1v) is 10.9. The molecule has 4 rings (SSSR count). The Kier molecular flexibility index (Phi) is 6.50. The van der Waals surface area contributed by atoms with Gasteiger partial charge in [-0.3, -0.25) is 19.3 Å². The average molecular weight is 439 g/mol. The maximum Gasteiger partial charge on any atom is 0.238 e. The number of halogens is 1. The van der Waals surface area contributed by atoms with Gasteiger partial charge in [0.05, 0.1) is 12.2 Å². The maximum atomic E-state index is 14.4. The third kappa shape index (κ3) is 4.96. The third-order valence-electron chi connectivity index (χ3n) is 5.95. The third-order valence-corrected chi connectivity index (χ3v) is 5.95. The van der Waals surface area contributed by atoms with E-state index < -0.39 is 5.82 Å². The van der Waals surface area contributed by atoms with Crippen LogP contribution in [-0.2, 0) is 9.59 Å². The lowest BCUT2D eigenvalue weighted by atomic mass is 10.1. The fourth-order valence-corrected chi connectivity index (χ4v) is 4.21. The van der Waals surface area contributed by atoms with Gasteiger partial charge in [0.2, 0.25) is 11.8 Å². The molecular formula is C24H27FN4O3. The Morgan fingerprint density at radius 2 is 1.81 bits per heavy atom. The summed E-state index contributed by atoms with van der Waals surface area (Å²) in [6, 6.07) is 11.9. The van der Waals surface area contributed by atoms with Crippen LogP contribution < -0.4 is 15.1 Å². The molecule has 1 N–H and O–H groups in total. The molecule has 0 saturated carbocycles. The Balaban J connectivity index is 1.30. The molecule has 2 fully saturated rings. The van der Waals surface area contributed by atoms with Crippen LogP contribution in [0.1, 0.15) is 30.1 Å². The van der Waals surface area contributed by atoms with Crippen molar-refractivity contribution in [3.05, 3.63) is 53.8 Å². The van der Waals surface area contributed by atoms with Crippen molar-refractivity contribution in [1.29, 1.82) is 0 Å². The standard InChI is InChI=1S/C24H27FN4O3/c1-17(30)18-7-8-22(21(25)14-18)28-12-10-27(11-13-28)16-23(31)26-19-4-2-5-20(15-19)29-9-3-6-24(29)32/h2,4-5,7-8,14-15H,3,6,9-13,16H2,1H3,(H,26,31). The number of ketones is 1. The van der Waals surface area contributed by atoms with E-state index >= 15 is 0 Å². The summed E-state index contributed by atoms with van der Waals surface area (Å²) in [4.78, 5) is 41.6. The van der Waals surface area contributed by atoms with Gasteiger partial charge in [0.15, 0.2) is 5.78 Å². The largest absolute Gasteiger partial charge is 0.367 e. The second-order valence-electron chi connectivity index (χ2n) is 8.23. The molecular weight excluding hydrogens is 411 g/mol. The highest BCUT2D eigenvalue weighted by Crippen LogP contribution is 2.25. The molecule has 168 valence electrons. The number of piperazine rings is 1. The second-order valence-corrected chi connectivity index (χ2v) is 8.23. The number of amides is 2. The number of hydrogen-bond acceptors (Lipinski definition) is 5. The molecule has 2 aliphatic heterocycles. The Morgan fingerprint density at radius 1 is 1.03 bits per heavy atom. The first-order chi connectivity index (χ1) is 15.4. The van der Waals surface area contributed by atoms with Crippen molar-refractivity contribution in [2.24, 2.45) is 0 Å². The summed E-state index contributed by atoms with van der Waals surface area (Å²) < 4.78 is 14.4. The SMILES string of the molecule is CC(=O)c1ccc(N2CCN(CC(=O)Nc3cccc(N4CCCC4=O)c3)CC2)c(F)c1. The van der Waals surface area contributed by atoms with E-state index in [0.29, 0.717) is 56.1 Å². The zero-order valence-electron chi connectivity index (χ0n) is 18.1. The van der Waals surface area contributed by atoms with Gasteiger partial charge in [-0.25, -0.2) is 4.39 Å². The van der Waals surface area contributed by atoms with E-state index in [4.69, 9.17) is 0 Å². The molecule has 7 nitrogen and oxygen atoms in total. The highest BCUT2D eigenvalue weighted by atomic mass is 19.1. The van der Waals surface area contributed by atoms with Crippen molar-refractivity contribution in [2.75, 3.05) is 54.4 Å². The molecule has 2 saturated heterocycles. The summed E-state index contributed by atoms with van der Waals surface area (Å²) in [5.41, 5.74) is 2.31. The zero-order chi connectivity index (χ0) is 22.7. The van der Waals surface area contributed by atoms with Gasteiger partial charge in [-0.1, -0.05) is 6.07 Å². The molecule has 0 aliphatic carbocycles. The Labute approximate surface area is 186 Å². The number of Topliss-reactive ketones (excluding diaryl/α,β-unsaturated/α-hetero) is 1. The normalized spacial score (nSPS) is 17.0. The summed E-state index contributed by atoms with van der Waals surface area (Å²) in [6.07, 6.45) is 1.42. The van der Waals surface area contributed by atoms with E-state index in [1.54, 1.807) is 17.0 Å². The van der Waals surface area contributed by atoms with Crippen LogP contribution in [0.5, 0.6) is 0 Å². The van der Waals surface area contributed by atoms with E-state index in [-0.39, 0.29) is 24.1 Å². The molecule has 0 spiro atoms. The lowest BCUT2D eigenvalue weighted by Gasteiger charge is -2.35. The lowest BCUT2D eigenvalue weighted by Crippen LogP contribution is -2.49. The number of nitrogens with one attached hydrogen (secondary N) is 1. The topological polar surface area (TPSA) is 73.0 Å². The van der Waals surface area contributed by atoms with Crippen LogP contribution in [0.15, 0.2) is 42.5 Å². The van der Waals surface area contributed by atoms with E-state index in [0.717, 1.165) is 12.1 Å². The van der Waals surface area contributed by atoms with Gasteiger partial charge in [0.25, 0.3) is 0 Å². The van der Waals surface area contributed by atoms with Crippen LogP contribution in [-0.4, -0.2) is 61.8 Å². The van der Waals surface area contributed by atoms with E-state index in [9.17, 15) is 18.8 Å². The quantitative estimate of drug-likeness (QED) is 0.702. The monoisotopic (exact) mass is 438 g/mol. The molecule has 0 aromatic heterocycles. The van der Waals surface area contributed by atoms with Crippen molar-refractivity contribution < 1.29 is 18.8 Å². The van der Waals surface area contributed by atoms with E-state index in [1.807, 2.05) is 34.1 Å². The number of benzene rings is 2. The van der Waals surface area contributed by atoms with Gasteiger partial charge in [0.1, 0.15) is 5.82 Å². The van der Waals surface area contributed by atoms with Crippen LogP contribution in [0.4, 0.5) is 21.5 Å². The van der Waals surface area contributed by atoms with Crippen molar-refractivity contribution in [3.8, 4) is 0 Å². The average Bonchev–Trinajstić information content (AvgIpc) is 3.20. The van der Waals surface area contributed by atoms with Crippen molar-refractivity contribution >= 4 is 34.7 Å². The van der Waals surface area contributed by atoms with Crippen molar-refractivity contribution in [2.45, 2.75) is 19.8 Å². The smallest absolute Gasteiger partial charge is 0.238 e. The van der Waals surface area contributed by atoms with Crippen LogP contribution in [0.25, 0.3) is 0 Å². The molecule has 2 aromatic carbocycles. The van der Waals surface area contributed by atoms with Crippen LogP contribution in [0, 0.1) is 5.82 Å². The number of hydrogen-bond donors (Lipinski definition) is 1. The highest BCUT2D eigenvalue weighted by molar-refractivity contribution is 5.97. The molecule has 32 heavy (non-hydrogen) atoms. The Bertz CT molecular complexity index is 1030. The Hall–Kier alpha value is -3.26. The van der Waals surface area contributed by atoms with Crippen LogP contribution in [0.2, 0.25) is 0 Å². The summed E-state index contributed by atoms with van der Waals surface area (Å²) in [7, 11) is 0. The minimum absolute atomic E-state index is 0.110. The molecule has 2 heterocycles. The van der Waals surface area contributed by atoms with E-state index in [2.05, 4.69) is 5.32 Å². The lowest BCUT2D eigenvalue weighted by molar-refractivity contribution is -0.118. The number of anilines is 3. The number of carbonyl (C=O) groups excluding carboxylic acids is 3. The molecule has 0 atom stereocenters. The number of nitrogens with zero attached hydrogens (tertiary/aromatic N) is 3. The minimum atomic E-state index is -0.403. The molecule has 8 heteroatoms. The van der Waals surface area contributed by atoms with Crippen molar-refractivity contribution in [3.63, 3.8) is 0 Å². The summed E-state index contributed by atoms with van der Waals surface area (Å²) in [5.74, 6) is -0.580. The summed E-state index contributed by atoms with van der Waals surface area (Å²) >= 11 is 0. The first-order valence-electron chi connectivity index (χ1n) is 10.9. The molecule has 2 amide bonds. The van der Waals surface area contributed by atoms with Crippen molar-refractivity contribution in [1.82, 2.24) is 4.90 Å². The predicted molar refractivity (Wildman–Crippen MR) is 122 cm³/mol. The molecule has 0 radical (unpaired) electrons. The molecule has 2 aliphatic rings. The number of rotatable bonds is 6. The van der Waals surface area contributed by atoms with Gasteiger partial charge >= 0.3 is 0 Å². The summed E-state index contributed by atoms with van der Waals surface area (Å²) in [6.45, 7) is 4.81. The fraction of sp³-hybridized carbons (Fsp3) is 0.375. The van der Waals surface area contributed by atoms with Gasteiger partial charge < -0.3 is 15.1 Å². The minimum Gasteiger partial charge on any atom is -0.367 e. The highest BCUT2D eigenvalue weighted by Gasteiger charge is 2.23. The van der Waals surface area contributed by atoms with Crippen LogP contribution in [0.3, 0.4) is 0 Å². The second kappa shape index (κ2) is 9.48. The van der Waals surface area contributed by atoms with Crippen LogP contribution >= 0.6 is 0 Å². The fourth-order valence-electron chi connectivity index (χ4n) is 4.21. The van der Waals surface area contributed by atoms with Gasteiger partial charge in [0, 0.05) is 56.1 Å². The maximum absolute atomic E-state index is 14.4. The summed E-state index contributed by atoms with van der Waals surface area (Å²) in [5, 5.41) is 2.91. The molecule has 0 unspecified atom stereocenters. The predicted octanol–water partition coefficient (Wildman–Crippen LogP) is 2.92. The molecule has 2 aromatic rings. The zero-order valence-corrected chi connectivity index (χ0v) is 18.1. The Morgan fingerprint density at radius 3 is 2.47 bits per heavy atom. The number of carbonyl (C=O) groups is 3. The van der Waals surface area contributed by atoms with E-state index in [1.165, 1.54) is 13.0 Å². The molecule has 0 bridgehead atoms. The van der Waals surface area contributed by atoms with Gasteiger partial charge in [-0.2, -0.15) is 0 Å². The van der Waals surface area contributed by atoms with Gasteiger partial charge in [-0.05, 0) is 49.7 Å². The first kappa shape index (κ1) is 22.0. The van der Waals surface area contributed by atoms with Gasteiger partial charge in [-0.15, -0.1) is 0 Å².